The number of benzene rings is 2. The summed E-state index contributed by atoms with van der Waals surface area (Å²) in [7, 11) is 0. The summed E-state index contributed by atoms with van der Waals surface area (Å²) in [4.78, 5) is 10.5. The van der Waals surface area contributed by atoms with E-state index in [2.05, 4.69) is 0 Å². The van der Waals surface area contributed by atoms with Crippen molar-refractivity contribution >= 4 is 28.7 Å². The Labute approximate surface area is 80.9 Å². The summed E-state index contributed by atoms with van der Waals surface area (Å²) < 4.78 is 0. The highest BCUT2D eigenvalue weighted by Crippen LogP contribution is 2.21. The van der Waals surface area contributed by atoms with Crippen LogP contribution in [0.5, 0.6) is 0 Å². The van der Waals surface area contributed by atoms with E-state index in [9.17, 15) is 4.79 Å². The summed E-state index contributed by atoms with van der Waals surface area (Å²) in [6.45, 7) is 0. The Kier molecular flexibility index (Phi) is 2.03. The van der Waals surface area contributed by atoms with Crippen molar-refractivity contribution in [3.05, 3.63) is 47.0 Å². The van der Waals surface area contributed by atoms with Crippen molar-refractivity contribution in [1.82, 2.24) is 0 Å². The molecule has 0 aliphatic carbocycles. The first-order chi connectivity index (χ1) is 6.31. The Morgan fingerprint density at radius 2 is 2.00 bits per heavy atom. The normalized spacial score (nSPS) is 10.2. The third kappa shape index (κ3) is 1.43. The van der Waals surface area contributed by atoms with Crippen LogP contribution in [-0.4, -0.2) is 6.29 Å². The lowest BCUT2D eigenvalue weighted by Gasteiger charge is -1.99. The van der Waals surface area contributed by atoms with Gasteiger partial charge in [0.1, 0.15) is 0 Å². The Balaban J connectivity index is 2.84. The van der Waals surface area contributed by atoms with Gasteiger partial charge in [-0.1, -0.05) is 35.9 Å². The molecule has 0 heterocycles. The maximum Gasteiger partial charge on any atom is 0.234 e. The first kappa shape index (κ1) is 8.27. The third-order valence-electron chi connectivity index (χ3n) is 1.95. The topological polar surface area (TPSA) is 17.1 Å². The lowest BCUT2D eigenvalue weighted by Crippen LogP contribution is -1.82. The van der Waals surface area contributed by atoms with Crippen LogP contribution in [0, 0.1) is 0 Å². The van der Waals surface area contributed by atoms with Gasteiger partial charge in [-0.2, -0.15) is 0 Å². The molecule has 0 aliphatic heterocycles. The molecule has 2 aromatic carbocycles. The van der Waals surface area contributed by atoms with Crippen LogP contribution in [0.2, 0.25) is 5.02 Å². The number of hydrogen-bond donors (Lipinski definition) is 0. The number of halogens is 1. The van der Waals surface area contributed by atoms with E-state index in [1.807, 2.05) is 30.6 Å². The Hall–Kier alpha value is -1.34. The van der Waals surface area contributed by atoms with Gasteiger partial charge >= 0.3 is 0 Å². The molecule has 63 valence electrons. The smallest absolute Gasteiger partial charge is 0.234 e. The van der Waals surface area contributed by atoms with Gasteiger partial charge < -0.3 is 0 Å². The van der Waals surface area contributed by atoms with Crippen molar-refractivity contribution in [3.63, 3.8) is 0 Å². The van der Waals surface area contributed by atoms with Crippen molar-refractivity contribution in [2.75, 3.05) is 0 Å². The molecule has 0 saturated carbocycles. The highest BCUT2D eigenvalue weighted by atomic mass is 35.5. The summed E-state index contributed by atoms with van der Waals surface area (Å²) in [5.41, 5.74) is 0.578. The minimum atomic E-state index is 0.578. The van der Waals surface area contributed by atoms with E-state index in [1.54, 1.807) is 12.1 Å². The molecule has 2 rings (SSSR count). The van der Waals surface area contributed by atoms with Gasteiger partial charge in [-0.25, -0.2) is 0 Å². The largest absolute Gasteiger partial charge is 0.285 e. The molecule has 0 fully saturated rings. The summed E-state index contributed by atoms with van der Waals surface area (Å²) in [6.07, 6.45) is 1.90. The van der Waals surface area contributed by atoms with Crippen molar-refractivity contribution in [3.8, 4) is 0 Å². The second-order valence-corrected chi connectivity index (χ2v) is 3.21. The second kappa shape index (κ2) is 3.19. The molecule has 0 N–H and O–H groups in total. The molecule has 13 heavy (non-hydrogen) atoms. The molecular formula is C11H6ClO. The fraction of sp³-hybridized carbons (Fsp3) is 0. The first-order valence-electron chi connectivity index (χ1n) is 3.88. The highest BCUT2D eigenvalue weighted by Gasteiger charge is 1.99. The van der Waals surface area contributed by atoms with Gasteiger partial charge in [-0.15, -0.1) is 0 Å². The minimum absolute atomic E-state index is 0.578. The SMILES string of the molecule is O=[C]c1cccc2cc(Cl)ccc12. The molecule has 0 unspecified atom stereocenters. The van der Waals surface area contributed by atoms with Crippen molar-refractivity contribution in [2.45, 2.75) is 0 Å². The molecule has 0 aromatic heterocycles. The van der Waals surface area contributed by atoms with Gasteiger partial charge in [0.25, 0.3) is 0 Å². The minimum Gasteiger partial charge on any atom is -0.285 e. The average molecular weight is 190 g/mol. The fourth-order valence-electron chi connectivity index (χ4n) is 1.34. The van der Waals surface area contributed by atoms with Crippen LogP contribution in [0.3, 0.4) is 0 Å². The van der Waals surface area contributed by atoms with Gasteiger partial charge in [0, 0.05) is 10.6 Å². The Bertz CT molecular complexity index is 463. The summed E-state index contributed by atoms with van der Waals surface area (Å²) in [5, 5.41) is 2.53. The summed E-state index contributed by atoms with van der Waals surface area (Å²) in [5.74, 6) is 0. The van der Waals surface area contributed by atoms with Crippen molar-refractivity contribution in [1.29, 1.82) is 0 Å². The number of rotatable bonds is 1. The predicted molar refractivity (Wildman–Crippen MR) is 53.8 cm³/mol. The molecule has 0 saturated heterocycles. The molecule has 2 heteroatoms. The van der Waals surface area contributed by atoms with Gasteiger partial charge in [-0.3, -0.25) is 4.79 Å². The van der Waals surface area contributed by atoms with E-state index in [0.29, 0.717) is 10.6 Å². The van der Waals surface area contributed by atoms with Crippen LogP contribution in [0.25, 0.3) is 10.8 Å². The van der Waals surface area contributed by atoms with Crippen molar-refractivity contribution < 1.29 is 4.79 Å². The molecule has 1 radical (unpaired) electrons. The quantitative estimate of drug-likeness (QED) is 0.674. The van der Waals surface area contributed by atoms with Crippen LogP contribution in [-0.2, 0) is 4.79 Å². The molecule has 2 aromatic rings. The summed E-state index contributed by atoms with van der Waals surface area (Å²) in [6, 6.07) is 10.9. The molecule has 0 spiro atoms. The zero-order chi connectivity index (χ0) is 9.26. The van der Waals surface area contributed by atoms with Gasteiger partial charge in [0.15, 0.2) is 0 Å². The molecule has 0 atom stereocenters. The van der Waals surface area contributed by atoms with Crippen LogP contribution >= 0.6 is 11.6 Å². The maximum atomic E-state index is 10.5. The monoisotopic (exact) mass is 189 g/mol. The molecular weight excluding hydrogens is 184 g/mol. The maximum absolute atomic E-state index is 10.5. The van der Waals surface area contributed by atoms with Crippen LogP contribution in [0.4, 0.5) is 0 Å². The lowest BCUT2D eigenvalue weighted by atomic mass is 10.1. The molecule has 0 bridgehead atoms. The predicted octanol–water partition coefficient (Wildman–Crippen LogP) is 2.95. The van der Waals surface area contributed by atoms with E-state index in [4.69, 9.17) is 11.6 Å². The van der Waals surface area contributed by atoms with Crippen LogP contribution in [0.15, 0.2) is 36.4 Å². The van der Waals surface area contributed by atoms with E-state index in [-0.39, 0.29) is 0 Å². The highest BCUT2D eigenvalue weighted by molar-refractivity contribution is 6.31. The standard InChI is InChI=1S/C11H6ClO/c12-10-4-5-11-8(6-10)2-1-3-9(11)7-13/h1-6H. The number of hydrogen-bond acceptors (Lipinski definition) is 1. The Morgan fingerprint density at radius 1 is 1.15 bits per heavy atom. The first-order valence-corrected chi connectivity index (χ1v) is 4.25. The van der Waals surface area contributed by atoms with Gasteiger partial charge in [0.2, 0.25) is 6.29 Å². The van der Waals surface area contributed by atoms with Crippen molar-refractivity contribution in [2.24, 2.45) is 0 Å². The summed E-state index contributed by atoms with van der Waals surface area (Å²) >= 11 is 5.82. The number of carbonyl (C=O) groups excluding carboxylic acids is 1. The van der Waals surface area contributed by atoms with Gasteiger partial charge in [-0.05, 0) is 22.9 Å². The molecule has 1 nitrogen and oxygen atoms in total. The lowest BCUT2D eigenvalue weighted by molar-refractivity contribution is 0.563. The second-order valence-electron chi connectivity index (χ2n) is 2.77. The molecule has 0 amide bonds. The molecule has 0 aliphatic rings. The average Bonchev–Trinajstić information content (AvgIpc) is 2.16. The zero-order valence-corrected chi connectivity index (χ0v) is 7.51. The van der Waals surface area contributed by atoms with E-state index >= 15 is 0 Å². The zero-order valence-electron chi connectivity index (χ0n) is 6.75. The van der Waals surface area contributed by atoms with E-state index in [1.165, 1.54) is 0 Å². The van der Waals surface area contributed by atoms with E-state index in [0.717, 1.165) is 10.8 Å². The number of fused-ring (bicyclic) bond motifs is 1. The third-order valence-corrected chi connectivity index (χ3v) is 2.19. The fourth-order valence-corrected chi connectivity index (χ4v) is 1.52. The van der Waals surface area contributed by atoms with Crippen LogP contribution in [0.1, 0.15) is 5.56 Å². The van der Waals surface area contributed by atoms with Gasteiger partial charge in [0.05, 0.1) is 0 Å². The van der Waals surface area contributed by atoms with Crippen LogP contribution < -0.4 is 0 Å². The Morgan fingerprint density at radius 3 is 2.77 bits per heavy atom. The van der Waals surface area contributed by atoms with E-state index < -0.39 is 0 Å².